The number of nitrogens with two attached hydrogens (primary N) is 2. The van der Waals surface area contributed by atoms with E-state index < -0.39 is 60.5 Å². The van der Waals surface area contributed by atoms with Crippen LogP contribution in [-0.4, -0.2) is 80.9 Å². The molecule has 0 unspecified atom stereocenters. The topological polar surface area (TPSA) is 220 Å². The van der Waals surface area contributed by atoms with Gasteiger partial charge in [0.25, 0.3) is 35.4 Å². The number of rotatable bonds is 6. The first-order valence-corrected chi connectivity index (χ1v) is 9.33. The summed E-state index contributed by atoms with van der Waals surface area (Å²) in [4.78, 5) is 106. The van der Waals surface area contributed by atoms with Gasteiger partial charge in [0.2, 0.25) is 0 Å². The molecule has 0 atom stereocenters. The summed E-state index contributed by atoms with van der Waals surface area (Å²) in [5, 5.41) is -0.126. The molecule has 2 aliphatic rings. The minimum atomic E-state index is -1.78. The van der Waals surface area contributed by atoms with Crippen molar-refractivity contribution >= 4 is 47.6 Å². The molecule has 16 heteroatoms. The lowest BCUT2D eigenvalue weighted by molar-refractivity contribution is -0.188. The maximum Gasteiger partial charge on any atom is 0.461 e. The van der Waals surface area contributed by atoms with Crippen molar-refractivity contribution in [3.63, 3.8) is 0 Å². The Bertz CT molecular complexity index is 771. The molecule has 16 nitrogen and oxygen atoms in total. The van der Waals surface area contributed by atoms with Crippen LogP contribution in [0.5, 0.6) is 0 Å². The fourth-order valence-corrected chi connectivity index (χ4v) is 2.60. The molecule has 0 aromatic heterocycles. The molecule has 174 valence electrons. The van der Waals surface area contributed by atoms with E-state index in [1.54, 1.807) is 0 Å². The lowest BCUT2D eigenvalue weighted by Crippen LogP contribution is -2.58. The fourth-order valence-electron chi connectivity index (χ4n) is 2.60. The number of amides is 8. The molecule has 0 bridgehead atoms. The largest absolute Gasteiger partial charge is 0.461 e. The Morgan fingerprint density at radius 3 is 1.19 bits per heavy atom. The Morgan fingerprint density at radius 2 is 0.938 bits per heavy atom. The number of hydrogen-bond donors (Lipinski definition) is 2. The summed E-state index contributed by atoms with van der Waals surface area (Å²) in [5.41, 5.74) is 10.6. The Kier molecular flexibility index (Phi) is 7.92. The number of imide groups is 4. The van der Waals surface area contributed by atoms with Gasteiger partial charge in [0.1, 0.15) is 0 Å². The molecule has 2 fully saturated rings. The quantitative estimate of drug-likeness (QED) is 0.317. The zero-order valence-corrected chi connectivity index (χ0v) is 16.7. The number of nitrogens with zero attached hydrogens (tertiary/aromatic N) is 4. The van der Waals surface area contributed by atoms with Gasteiger partial charge < -0.3 is 21.1 Å². The number of hydrazine groups is 1. The van der Waals surface area contributed by atoms with E-state index in [-0.39, 0.29) is 58.9 Å². The number of hydroxylamine groups is 4. The Morgan fingerprint density at radius 1 is 0.656 bits per heavy atom. The third-order valence-electron chi connectivity index (χ3n) is 4.09. The van der Waals surface area contributed by atoms with E-state index in [1.165, 1.54) is 0 Å². The van der Waals surface area contributed by atoms with Gasteiger partial charge in [-0.25, -0.2) is 9.59 Å². The van der Waals surface area contributed by atoms with E-state index >= 15 is 0 Å². The maximum atomic E-state index is 12.6. The van der Waals surface area contributed by atoms with Crippen LogP contribution >= 0.6 is 0 Å². The van der Waals surface area contributed by atoms with E-state index in [2.05, 4.69) is 9.68 Å². The smallest absolute Gasteiger partial charge is 0.330 e. The molecule has 0 radical (unpaired) electrons. The predicted octanol–water partition coefficient (Wildman–Crippen LogP) is -2.34. The van der Waals surface area contributed by atoms with Crippen LogP contribution in [-0.2, 0) is 38.4 Å². The first-order chi connectivity index (χ1) is 15.1. The summed E-state index contributed by atoms with van der Waals surface area (Å²) in [6, 6.07) is 0. The Hall–Kier alpha value is -3.92. The second-order valence-corrected chi connectivity index (χ2v) is 6.37. The third-order valence-corrected chi connectivity index (χ3v) is 4.09. The minimum Gasteiger partial charge on any atom is -0.330 e. The van der Waals surface area contributed by atoms with Crippen molar-refractivity contribution in [3.8, 4) is 0 Å². The molecule has 0 spiro atoms. The van der Waals surface area contributed by atoms with Crippen molar-refractivity contribution in [2.24, 2.45) is 11.5 Å². The van der Waals surface area contributed by atoms with Gasteiger partial charge >= 0.3 is 12.2 Å². The molecule has 0 aromatic carbocycles. The molecule has 2 saturated heterocycles. The number of carbonyl (C=O) groups is 8. The molecule has 2 rings (SSSR count). The zero-order valence-electron chi connectivity index (χ0n) is 16.7. The first-order valence-electron chi connectivity index (χ1n) is 9.33. The second kappa shape index (κ2) is 10.4. The highest BCUT2D eigenvalue weighted by Gasteiger charge is 2.44. The van der Waals surface area contributed by atoms with Crippen LogP contribution in [0.25, 0.3) is 0 Å². The minimum absolute atomic E-state index is 0.0789. The fraction of sp³-hybridized carbons (Fsp3) is 0.500. The number of hydrogen-bond acceptors (Lipinski definition) is 12. The molecular weight excluding hydrogens is 436 g/mol. The highest BCUT2D eigenvalue weighted by Crippen LogP contribution is 2.18. The number of carbonyl (C=O) groups excluding carboxylic acids is 8. The molecule has 4 N–H and O–H groups in total. The van der Waals surface area contributed by atoms with Gasteiger partial charge in [-0.05, 0) is 0 Å². The van der Waals surface area contributed by atoms with Crippen molar-refractivity contribution in [2.75, 3.05) is 13.1 Å². The molecule has 8 amide bonds. The first kappa shape index (κ1) is 24.4. The lowest BCUT2D eigenvalue weighted by Gasteiger charge is -2.30. The van der Waals surface area contributed by atoms with Crippen LogP contribution in [0.3, 0.4) is 0 Å². The van der Waals surface area contributed by atoms with Gasteiger partial charge in [0.15, 0.2) is 0 Å². The molecule has 2 heterocycles. The van der Waals surface area contributed by atoms with Gasteiger partial charge in [-0.2, -0.15) is 0 Å². The summed E-state index contributed by atoms with van der Waals surface area (Å²) in [6.07, 6.45) is -5.79. The van der Waals surface area contributed by atoms with Crippen LogP contribution in [0, 0.1) is 0 Å². The molecule has 0 saturated carbocycles. The lowest BCUT2D eigenvalue weighted by atomic mass is 10.3. The average molecular weight is 456 g/mol. The standard InChI is InChI=1S/C16H20N6O10/c17-7-5-9(23)19(15(29)31-21-11(25)1-2-12(21)26)20(10(24)6-8-18)16(30)32-22-13(27)3-4-14(22)28/h1-8,17-18H2. The molecular formula is C16H20N6O10. The van der Waals surface area contributed by atoms with E-state index in [1.807, 2.05) is 0 Å². The van der Waals surface area contributed by atoms with Gasteiger partial charge in [0.05, 0.1) is 0 Å². The van der Waals surface area contributed by atoms with Crippen LogP contribution in [0.15, 0.2) is 0 Å². The van der Waals surface area contributed by atoms with E-state index in [0.29, 0.717) is 0 Å². The Labute approximate surface area is 179 Å². The third kappa shape index (κ3) is 5.22. The highest BCUT2D eigenvalue weighted by atomic mass is 16.8. The summed E-state index contributed by atoms with van der Waals surface area (Å²) in [6.45, 7) is -0.664. The van der Waals surface area contributed by atoms with Crippen LogP contribution < -0.4 is 11.5 Å². The van der Waals surface area contributed by atoms with Crippen LogP contribution in [0.1, 0.15) is 38.5 Å². The summed E-state index contributed by atoms with van der Waals surface area (Å²) < 4.78 is 0. The maximum absolute atomic E-state index is 12.6. The van der Waals surface area contributed by atoms with Gasteiger partial charge in [0, 0.05) is 51.6 Å². The van der Waals surface area contributed by atoms with Crippen molar-refractivity contribution in [1.29, 1.82) is 0 Å². The van der Waals surface area contributed by atoms with E-state index in [0.717, 1.165) is 0 Å². The summed E-state index contributed by atoms with van der Waals surface area (Å²) in [7, 11) is 0. The monoisotopic (exact) mass is 456 g/mol. The second-order valence-electron chi connectivity index (χ2n) is 6.37. The van der Waals surface area contributed by atoms with E-state index in [4.69, 9.17) is 11.5 Å². The van der Waals surface area contributed by atoms with Crippen LogP contribution in [0.2, 0.25) is 0 Å². The van der Waals surface area contributed by atoms with Gasteiger partial charge in [-0.3, -0.25) is 28.8 Å². The SMILES string of the molecule is NCCC(=O)N(C(=O)ON1C(=O)CCC1=O)N(C(=O)CCN)C(=O)ON1C(=O)CCC1=O. The Balaban J connectivity index is 2.37. The summed E-state index contributed by atoms with van der Waals surface area (Å²) >= 11 is 0. The predicted molar refractivity (Wildman–Crippen MR) is 96.2 cm³/mol. The molecule has 2 aliphatic heterocycles. The average Bonchev–Trinajstić information content (AvgIpc) is 3.22. The molecule has 32 heavy (non-hydrogen) atoms. The van der Waals surface area contributed by atoms with Gasteiger partial charge in [-0.1, -0.05) is 0 Å². The molecule has 0 aromatic rings. The van der Waals surface area contributed by atoms with E-state index in [9.17, 15) is 38.4 Å². The zero-order chi connectivity index (χ0) is 24.0. The normalized spacial score (nSPS) is 15.8. The highest BCUT2D eigenvalue weighted by molar-refractivity contribution is 6.05. The van der Waals surface area contributed by atoms with Crippen molar-refractivity contribution in [3.05, 3.63) is 0 Å². The summed E-state index contributed by atoms with van der Waals surface area (Å²) in [5.74, 6) is -6.10. The molecule has 0 aliphatic carbocycles. The van der Waals surface area contributed by atoms with Gasteiger partial charge in [-0.15, -0.1) is 20.1 Å². The van der Waals surface area contributed by atoms with Crippen molar-refractivity contribution in [2.45, 2.75) is 38.5 Å². The van der Waals surface area contributed by atoms with Crippen molar-refractivity contribution in [1.82, 2.24) is 20.1 Å². The van der Waals surface area contributed by atoms with Crippen LogP contribution in [0.4, 0.5) is 9.59 Å². The van der Waals surface area contributed by atoms with Crippen molar-refractivity contribution < 1.29 is 48.0 Å².